The topological polar surface area (TPSA) is 26.3 Å². The maximum Gasteiger partial charge on any atom is 0.191 e. The Morgan fingerprint density at radius 3 is 2.60 bits per heavy atom. The van der Waals surface area contributed by atoms with E-state index >= 15 is 0 Å². The normalized spacial score (nSPS) is 25.5. The van der Waals surface area contributed by atoms with Crippen molar-refractivity contribution in [2.75, 3.05) is 6.61 Å². The Balaban J connectivity index is 2.17. The summed E-state index contributed by atoms with van der Waals surface area (Å²) in [5.74, 6) is 0.466. The molecule has 0 spiro atoms. The molecule has 3 heteroatoms. The average Bonchev–Trinajstić information content (AvgIpc) is 2.65. The van der Waals surface area contributed by atoms with Crippen LogP contribution < -0.4 is 0 Å². The summed E-state index contributed by atoms with van der Waals surface area (Å²) in [4.78, 5) is 12.0. The number of carbonyl (C=O) groups excluding carboxylic acids is 1. The molecule has 1 saturated heterocycles. The van der Waals surface area contributed by atoms with Crippen LogP contribution in [0.5, 0.6) is 0 Å². The van der Waals surface area contributed by atoms with Crippen molar-refractivity contribution in [3.63, 3.8) is 0 Å². The average molecular weight is 316 g/mol. The highest BCUT2D eigenvalue weighted by atomic mass is 127. The molecule has 0 radical (unpaired) electrons. The monoisotopic (exact) mass is 316 g/mol. The van der Waals surface area contributed by atoms with Gasteiger partial charge in [-0.05, 0) is 47.1 Å². The molecular formula is C12H13IO2. The molecule has 1 aromatic rings. The van der Waals surface area contributed by atoms with Crippen molar-refractivity contribution >= 4 is 28.4 Å². The van der Waals surface area contributed by atoms with E-state index in [-0.39, 0.29) is 11.9 Å². The van der Waals surface area contributed by atoms with Crippen LogP contribution in [0.25, 0.3) is 0 Å². The molecule has 1 fully saturated rings. The third-order valence-electron chi connectivity index (χ3n) is 2.77. The second-order valence-electron chi connectivity index (χ2n) is 3.93. The van der Waals surface area contributed by atoms with Crippen molar-refractivity contribution in [1.29, 1.82) is 0 Å². The van der Waals surface area contributed by atoms with Crippen LogP contribution in [0, 0.1) is 9.49 Å². The molecule has 2 nitrogen and oxygen atoms in total. The molecule has 2 rings (SSSR count). The SMILES string of the molecule is CC1CCOC1C(=O)c1ccc(I)cc1. The van der Waals surface area contributed by atoms with Gasteiger partial charge in [0.15, 0.2) is 5.78 Å². The van der Waals surface area contributed by atoms with Crippen LogP contribution in [0.15, 0.2) is 24.3 Å². The Morgan fingerprint density at radius 1 is 1.40 bits per heavy atom. The van der Waals surface area contributed by atoms with E-state index in [2.05, 4.69) is 29.5 Å². The summed E-state index contributed by atoms with van der Waals surface area (Å²) in [7, 11) is 0. The van der Waals surface area contributed by atoms with Crippen LogP contribution in [-0.4, -0.2) is 18.5 Å². The lowest BCUT2D eigenvalue weighted by Gasteiger charge is -2.12. The highest BCUT2D eigenvalue weighted by Gasteiger charge is 2.31. The summed E-state index contributed by atoms with van der Waals surface area (Å²) in [6, 6.07) is 7.65. The molecule has 1 aliphatic rings. The second-order valence-corrected chi connectivity index (χ2v) is 5.17. The molecule has 80 valence electrons. The maximum absolute atomic E-state index is 12.0. The second kappa shape index (κ2) is 4.61. The van der Waals surface area contributed by atoms with E-state index in [1.54, 1.807) is 0 Å². The number of rotatable bonds is 2. The molecule has 1 aliphatic heterocycles. The van der Waals surface area contributed by atoms with Crippen LogP contribution in [0.3, 0.4) is 0 Å². The van der Waals surface area contributed by atoms with E-state index in [0.717, 1.165) is 15.6 Å². The molecule has 0 amide bonds. The first-order valence-corrected chi connectivity index (χ1v) is 6.18. The van der Waals surface area contributed by atoms with Gasteiger partial charge in [0.1, 0.15) is 6.10 Å². The van der Waals surface area contributed by atoms with Gasteiger partial charge in [-0.1, -0.05) is 19.1 Å². The van der Waals surface area contributed by atoms with Crippen LogP contribution in [-0.2, 0) is 4.74 Å². The van der Waals surface area contributed by atoms with E-state index < -0.39 is 0 Å². The highest BCUT2D eigenvalue weighted by molar-refractivity contribution is 14.1. The van der Waals surface area contributed by atoms with E-state index in [1.165, 1.54) is 0 Å². The van der Waals surface area contributed by atoms with Gasteiger partial charge in [0, 0.05) is 15.7 Å². The fourth-order valence-electron chi connectivity index (χ4n) is 1.81. The molecule has 15 heavy (non-hydrogen) atoms. The van der Waals surface area contributed by atoms with E-state index in [4.69, 9.17) is 4.74 Å². The van der Waals surface area contributed by atoms with Gasteiger partial charge in [0.2, 0.25) is 0 Å². The Morgan fingerprint density at radius 2 is 2.07 bits per heavy atom. The first-order chi connectivity index (χ1) is 7.18. The summed E-state index contributed by atoms with van der Waals surface area (Å²) in [6.07, 6.45) is 0.755. The third-order valence-corrected chi connectivity index (χ3v) is 3.49. The standard InChI is InChI=1S/C12H13IO2/c1-8-6-7-15-12(8)11(14)9-2-4-10(13)5-3-9/h2-5,8,12H,6-7H2,1H3. The van der Waals surface area contributed by atoms with Crippen LogP contribution in [0.2, 0.25) is 0 Å². The predicted molar refractivity (Wildman–Crippen MR) is 67.0 cm³/mol. The fourth-order valence-corrected chi connectivity index (χ4v) is 2.17. The number of ether oxygens (including phenoxy) is 1. The van der Waals surface area contributed by atoms with Crippen LogP contribution >= 0.6 is 22.6 Å². The van der Waals surface area contributed by atoms with Crippen molar-refractivity contribution in [2.24, 2.45) is 5.92 Å². The molecule has 0 aromatic heterocycles. The molecule has 0 saturated carbocycles. The van der Waals surface area contributed by atoms with Gasteiger partial charge in [-0.3, -0.25) is 4.79 Å². The van der Waals surface area contributed by atoms with Crippen molar-refractivity contribution < 1.29 is 9.53 Å². The maximum atomic E-state index is 12.0. The molecule has 0 N–H and O–H groups in total. The number of hydrogen-bond donors (Lipinski definition) is 0. The number of hydrogen-bond acceptors (Lipinski definition) is 2. The van der Waals surface area contributed by atoms with Crippen molar-refractivity contribution in [2.45, 2.75) is 19.4 Å². The van der Waals surface area contributed by atoms with Gasteiger partial charge < -0.3 is 4.74 Å². The number of carbonyl (C=O) groups is 1. The zero-order valence-corrected chi connectivity index (χ0v) is 10.7. The molecule has 2 atom stereocenters. The zero-order chi connectivity index (χ0) is 10.8. The van der Waals surface area contributed by atoms with Gasteiger partial charge in [0.05, 0.1) is 0 Å². The van der Waals surface area contributed by atoms with Crippen LogP contribution in [0.4, 0.5) is 0 Å². The lowest BCUT2D eigenvalue weighted by atomic mass is 9.96. The number of benzene rings is 1. The summed E-state index contributed by atoms with van der Waals surface area (Å²) in [6.45, 7) is 2.78. The Bertz CT molecular complexity index is 358. The first kappa shape index (κ1) is 11.1. The Kier molecular flexibility index (Phi) is 3.41. The molecule has 2 unspecified atom stereocenters. The molecule has 0 aliphatic carbocycles. The van der Waals surface area contributed by atoms with Gasteiger partial charge in [-0.25, -0.2) is 0 Å². The summed E-state index contributed by atoms with van der Waals surface area (Å²) >= 11 is 2.23. The minimum absolute atomic E-state index is 0.122. The molecule has 1 heterocycles. The first-order valence-electron chi connectivity index (χ1n) is 5.10. The van der Waals surface area contributed by atoms with E-state index in [0.29, 0.717) is 12.5 Å². The summed E-state index contributed by atoms with van der Waals surface area (Å²) in [5, 5.41) is 0. The van der Waals surface area contributed by atoms with Gasteiger partial charge in [-0.15, -0.1) is 0 Å². The number of ketones is 1. The minimum atomic E-state index is -0.231. The van der Waals surface area contributed by atoms with Crippen molar-refractivity contribution in [1.82, 2.24) is 0 Å². The van der Waals surface area contributed by atoms with Gasteiger partial charge >= 0.3 is 0 Å². The molecular weight excluding hydrogens is 303 g/mol. The van der Waals surface area contributed by atoms with Gasteiger partial charge in [0.25, 0.3) is 0 Å². The Hall–Kier alpha value is -0.420. The van der Waals surface area contributed by atoms with Gasteiger partial charge in [-0.2, -0.15) is 0 Å². The Labute approximate surface area is 103 Å². The summed E-state index contributed by atoms with van der Waals surface area (Å²) in [5.41, 5.74) is 0.758. The lowest BCUT2D eigenvalue weighted by molar-refractivity contribution is 0.0579. The minimum Gasteiger partial charge on any atom is -0.370 e. The zero-order valence-electron chi connectivity index (χ0n) is 8.57. The van der Waals surface area contributed by atoms with Crippen molar-refractivity contribution in [3.8, 4) is 0 Å². The van der Waals surface area contributed by atoms with E-state index in [9.17, 15) is 4.79 Å². The summed E-state index contributed by atoms with van der Waals surface area (Å²) < 4.78 is 6.60. The predicted octanol–water partition coefficient (Wildman–Crippen LogP) is 2.90. The van der Waals surface area contributed by atoms with Crippen LogP contribution in [0.1, 0.15) is 23.7 Å². The lowest BCUT2D eigenvalue weighted by Crippen LogP contribution is -2.25. The number of Topliss-reactive ketones (excluding diaryl/α,β-unsaturated/α-hetero) is 1. The largest absolute Gasteiger partial charge is 0.370 e. The quantitative estimate of drug-likeness (QED) is 0.619. The fraction of sp³-hybridized carbons (Fsp3) is 0.417. The molecule has 0 bridgehead atoms. The van der Waals surface area contributed by atoms with Crippen molar-refractivity contribution in [3.05, 3.63) is 33.4 Å². The third kappa shape index (κ3) is 2.39. The number of halogens is 1. The van der Waals surface area contributed by atoms with E-state index in [1.807, 2.05) is 24.3 Å². The molecule has 1 aromatic carbocycles. The highest BCUT2D eigenvalue weighted by Crippen LogP contribution is 2.23. The smallest absolute Gasteiger partial charge is 0.191 e.